The van der Waals surface area contributed by atoms with E-state index in [0.29, 0.717) is 6.54 Å². The Balaban J connectivity index is 2.83. The molecule has 18 heavy (non-hydrogen) atoms. The summed E-state index contributed by atoms with van der Waals surface area (Å²) in [5, 5.41) is 3.17. The van der Waals surface area contributed by atoms with Gasteiger partial charge < -0.3 is 11.1 Å². The Labute approximate surface area is 109 Å². The van der Waals surface area contributed by atoms with Crippen molar-refractivity contribution in [2.24, 2.45) is 5.73 Å². The maximum absolute atomic E-state index is 11.9. The van der Waals surface area contributed by atoms with Gasteiger partial charge in [-0.3, -0.25) is 0 Å². The van der Waals surface area contributed by atoms with Crippen LogP contribution < -0.4 is 15.8 Å². The molecule has 0 aliphatic carbocycles. The summed E-state index contributed by atoms with van der Waals surface area (Å²) in [6.45, 7) is 6.06. The number of hydrogen-bond donors (Lipinski definition) is 3. The minimum atomic E-state index is -3.41. The highest BCUT2D eigenvalue weighted by molar-refractivity contribution is 7.89. The van der Waals surface area contributed by atoms with Crippen molar-refractivity contribution in [1.29, 1.82) is 0 Å². The zero-order valence-corrected chi connectivity index (χ0v) is 11.8. The van der Waals surface area contributed by atoms with E-state index in [1.165, 1.54) is 0 Å². The first-order valence-corrected chi connectivity index (χ1v) is 7.42. The van der Waals surface area contributed by atoms with Crippen molar-refractivity contribution < 1.29 is 8.42 Å². The molecule has 1 aromatic carbocycles. The molecule has 0 spiro atoms. The van der Waals surface area contributed by atoms with Gasteiger partial charge in [0.15, 0.2) is 0 Å². The van der Waals surface area contributed by atoms with Gasteiger partial charge in [0.1, 0.15) is 0 Å². The van der Waals surface area contributed by atoms with Gasteiger partial charge in [0.2, 0.25) is 10.0 Å². The molecule has 0 saturated carbocycles. The van der Waals surface area contributed by atoms with E-state index < -0.39 is 10.0 Å². The van der Waals surface area contributed by atoms with Crippen molar-refractivity contribution in [1.82, 2.24) is 4.72 Å². The number of anilines is 1. The smallest absolute Gasteiger partial charge is 0.240 e. The Bertz CT molecular complexity index is 469. The molecule has 0 aliphatic heterocycles. The van der Waals surface area contributed by atoms with E-state index in [9.17, 15) is 8.42 Å². The molecule has 5 nitrogen and oxygen atoms in total. The number of hydrogen-bond acceptors (Lipinski definition) is 4. The molecule has 0 fully saturated rings. The second kappa shape index (κ2) is 6.17. The van der Waals surface area contributed by atoms with Gasteiger partial charge in [0, 0.05) is 24.3 Å². The fourth-order valence-corrected chi connectivity index (χ4v) is 2.70. The van der Waals surface area contributed by atoms with Crippen LogP contribution in [0.25, 0.3) is 0 Å². The first-order valence-electron chi connectivity index (χ1n) is 5.94. The van der Waals surface area contributed by atoms with Gasteiger partial charge in [-0.2, -0.15) is 0 Å². The van der Waals surface area contributed by atoms with Crippen LogP contribution in [-0.4, -0.2) is 27.0 Å². The quantitative estimate of drug-likeness (QED) is 0.724. The molecule has 0 heterocycles. The molecule has 0 aliphatic rings. The molecule has 1 rings (SSSR count). The molecular formula is C12H21N3O2S. The van der Waals surface area contributed by atoms with Gasteiger partial charge in [-0.25, -0.2) is 13.1 Å². The molecule has 0 bridgehead atoms. The van der Waals surface area contributed by atoms with Crippen LogP contribution in [0.1, 0.15) is 20.8 Å². The predicted molar refractivity (Wildman–Crippen MR) is 74.0 cm³/mol. The molecular weight excluding hydrogens is 250 g/mol. The normalized spacial score (nSPS) is 13.6. The van der Waals surface area contributed by atoms with Crippen LogP contribution in [0, 0.1) is 0 Å². The van der Waals surface area contributed by atoms with Crippen LogP contribution in [0.4, 0.5) is 5.69 Å². The summed E-state index contributed by atoms with van der Waals surface area (Å²) in [5.41, 5.74) is 6.36. The fourth-order valence-electron chi connectivity index (χ4n) is 1.45. The first-order chi connectivity index (χ1) is 8.35. The molecule has 0 amide bonds. The molecule has 1 aromatic rings. The van der Waals surface area contributed by atoms with E-state index in [0.717, 1.165) is 5.69 Å². The van der Waals surface area contributed by atoms with Gasteiger partial charge in [-0.1, -0.05) is 0 Å². The summed E-state index contributed by atoms with van der Waals surface area (Å²) in [7, 11) is -3.41. The molecule has 1 unspecified atom stereocenters. The lowest BCUT2D eigenvalue weighted by Crippen LogP contribution is -2.30. The summed E-state index contributed by atoms with van der Waals surface area (Å²) in [6.07, 6.45) is 0. The average Bonchev–Trinajstić information content (AvgIpc) is 2.28. The maximum Gasteiger partial charge on any atom is 0.240 e. The van der Waals surface area contributed by atoms with E-state index in [2.05, 4.69) is 10.0 Å². The lowest BCUT2D eigenvalue weighted by molar-refractivity contribution is 0.570. The summed E-state index contributed by atoms with van der Waals surface area (Å²) in [6, 6.07) is 6.67. The minimum Gasteiger partial charge on any atom is -0.381 e. The van der Waals surface area contributed by atoms with Gasteiger partial charge in [0.05, 0.1) is 4.90 Å². The van der Waals surface area contributed by atoms with Crippen molar-refractivity contribution in [3.63, 3.8) is 0 Å². The van der Waals surface area contributed by atoms with E-state index in [-0.39, 0.29) is 17.0 Å². The summed E-state index contributed by atoms with van der Waals surface area (Å²) in [4.78, 5) is 0.266. The van der Waals surface area contributed by atoms with Crippen molar-refractivity contribution in [3.05, 3.63) is 24.3 Å². The SMILES string of the molecule is CC(C)NS(=O)(=O)c1ccc(NC(C)CN)cc1. The third-order valence-electron chi connectivity index (χ3n) is 2.32. The van der Waals surface area contributed by atoms with Crippen LogP contribution in [0.2, 0.25) is 0 Å². The molecule has 0 radical (unpaired) electrons. The number of sulfonamides is 1. The number of benzene rings is 1. The van der Waals surface area contributed by atoms with E-state index in [1.807, 2.05) is 6.92 Å². The van der Waals surface area contributed by atoms with Crippen LogP contribution >= 0.6 is 0 Å². The third kappa shape index (κ3) is 4.29. The van der Waals surface area contributed by atoms with E-state index in [4.69, 9.17) is 5.73 Å². The summed E-state index contributed by atoms with van der Waals surface area (Å²) < 4.78 is 26.3. The molecule has 6 heteroatoms. The van der Waals surface area contributed by atoms with Crippen molar-refractivity contribution in [3.8, 4) is 0 Å². The number of nitrogens with one attached hydrogen (secondary N) is 2. The highest BCUT2D eigenvalue weighted by atomic mass is 32.2. The van der Waals surface area contributed by atoms with E-state index >= 15 is 0 Å². The molecule has 0 aromatic heterocycles. The first kappa shape index (κ1) is 14.9. The lowest BCUT2D eigenvalue weighted by Gasteiger charge is -2.14. The van der Waals surface area contributed by atoms with Gasteiger partial charge in [-0.15, -0.1) is 0 Å². The predicted octanol–water partition coefficient (Wildman–Crippen LogP) is 1.13. The highest BCUT2D eigenvalue weighted by Crippen LogP contribution is 2.14. The van der Waals surface area contributed by atoms with Crippen LogP contribution in [-0.2, 0) is 10.0 Å². The summed E-state index contributed by atoms with van der Waals surface area (Å²) in [5.74, 6) is 0. The molecule has 4 N–H and O–H groups in total. The zero-order valence-electron chi connectivity index (χ0n) is 11.0. The average molecular weight is 271 g/mol. The number of rotatable bonds is 6. The van der Waals surface area contributed by atoms with Gasteiger partial charge >= 0.3 is 0 Å². The van der Waals surface area contributed by atoms with E-state index in [1.54, 1.807) is 38.1 Å². The highest BCUT2D eigenvalue weighted by Gasteiger charge is 2.14. The van der Waals surface area contributed by atoms with Crippen LogP contribution in [0.3, 0.4) is 0 Å². The van der Waals surface area contributed by atoms with Crippen molar-refractivity contribution in [2.75, 3.05) is 11.9 Å². The molecule has 0 saturated heterocycles. The van der Waals surface area contributed by atoms with Crippen molar-refractivity contribution >= 4 is 15.7 Å². The third-order valence-corrected chi connectivity index (χ3v) is 4.00. The molecule has 102 valence electrons. The largest absolute Gasteiger partial charge is 0.381 e. The van der Waals surface area contributed by atoms with Gasteiger partial charge in [0.25, 0.3) is 0 Å². The molecule has 1 atom stereocenters. The Morgan fingerprint density at radius 1 is 1.17 bits per heavy atom. The summed E-state index contributed by atoms with van der Waals surface area (Å²) >= 11 is 0. The standard InChI is InChI=1S/C12H21N3O2S/c1-9(2)15-18(16,17)12-6-4-11(5-7-12)14-10(3)8-13/h4-7,9-10,14-15H,8,13H2,1-3H3. The van der Waals surface area contributed by atoms with Crippen LogP contribution in [0.5, 0.6) is 0 Å². The van der Waals surface area contributed by atoms with Crippen molar-refractivity contribution in [2.45, 2.75) is 37.8 Å². The topological polar surface area (TPSA) is 84.2 Å². The second-order valence-electron chi connectivity index (χ2n) is 4.58. The minimum absolute atomic E-state index is 0.120. The maximum atomic E-state index is 11.9. The number of nitrogens with two attached hydrogens (primary N) is 1. The lowest BCUT2D eigenvalue weighted by atomic mass is 10.2. The zero-order chi connectivity index (χ0) is 13.8. The van der Waals surface area contributed by atoms with Gasteiger partial charge in [-0.05, 0) is 45.0 Å². The second-order valence-corrected chi connectivity index (χ2v) is 6.30. The Morgan fingerprint density at radius 2 is 1.72 bits per heavy atom. The Kier molecular flexibility index (Phi) is 5.13. The Hall–Kier alpha value is -1.11. The Morgan fingerprint density at radius 3 is 2.17 bits per heavy atom. The van der Waals surface area contributed by atoms with Crippen LogP contribution in [0.15, 0.2) is 29.2 Å². The monoisotopic (exact) mass is 271 g/mol. The fraction of sp³-hybridized carbons (Fsp3) is 0.500.